The molecule has 0 fully saturated rings. The molecule has 2 aromatic rings. The highest BCUT2D eigenvalue weighted by Crippen LogP contribution is 2.26. The molecular formula is C15H17NO. The smallest absolute Gasteiger partial charge is 0.0800 e. The minimum atomic E-state index is -0.445. The van der Waals surface area contributed by atoms with E-state index in [1.54, 1.807) is 6.20 Å². The summed E-state index contributed by atoms with van der Waals surface area (Å²) >= 11 is 0. The van der Waals surface area contributed by atoms with Gasteiger partial charge in [0.25, 0.3) is 0 Å². The lowest BCUT2D eigenvalue weighted by molar-refractivity contribution is 0.169. The van der Waals surface area contributed by atoms with E-state index in [4.69, 9.17) is 0 Å². The Hall–Kier alpha value is -1.67. The fourth-order valence-electron chi connectivity index (χ4n) is 1.95. The summed E-state index contributed by atoms with van der Waals surface area (Å²) in [7, 11) is 0. The van der Waals surface area contributed by atoms with Gasteiger partial charge in [0.15, 0.2) is 0 Å². The van der Waals surface area contributed by atoms with Crippen molar-refractivity contribution in [3.05, 3.63) is 54.2 Å². The Morgan fingerprint density at radius 2 is 2.12 bits per heavy atom. The van der Waals surface area contributed by atoms with Crippen LogP contribution in [0.2, 0.25) is 0 Å². The summed E-state index contributed by atoms with van der Waals surface area (Å²) in [5.74, 6) is 0. The lowest BCUT2D eigenvalue weighted by Crippen LogP contribution is -1.99. The highest BCUT2D eigenvalue weighted by molar-refractivity contribution is 5.82. The van der Waals surface area contributed by atoms with Crippen LogP contribution in [0.25, 0.3) is 10.9 Å². The van der Waals surface area contributed by atoms with Crippen LogP contribution < -0.4 is 0 Å². The molecule has 1 atom stereocenters. The van der Waals surface area contributed by atoms with Gasteiger partial charge in [0.2, 0.25) is 0 Å². The maximum atomic E-state index is 10.2. The summed E-state index contributed by atoms with van der Waals surface area (Å²) in [5, 5.41) is 11.2. The van der Waals surface area contributed by atoms with Gasteiger partial charge in [-0.25, -0.2) is 0 Å². The lowest BCUT2D eigenvalue weighted by Gasteiger charge is -2.13. The molecule has 0 aliphatic rings. The molecule has 1 N–H and O–H groups in total. The second kappa shape index (κ2) is 5.11. The first kappa shape index (κ1) is 11.8. The maximum absolute atomic E-state index is 10.2. The number of hydrogen-bond donors (Lipinski definition) is 1. The van der Waals surface area contributed by atoms with Crippen molar-refractivity contribution in [2.45, 2.75) is 25.9 Å². The lowest BCUT2D eigenvalue weighted by atomic mass is 9.99. The van der Waals surface area contributed by atoms with E-state index >= 15 is 0 Å². The van der Waals surface area contributed by atoms with Gasteiger partial charge in [0.05, 0.1) is 11.6 Å². The number of aromatic nitrogens is 1. The second-order valence-electron chi connectivity index (χ2n) is 4.43. The van der Waals surface area contributed by atoms with E-state index in [9.17, 15) is 5.11 Å². The first-order valence-electron chi connectivity index (χ1n) is 5.84. The number of aliphatic hydroxyl groups is 1. The minimum absolute atomic E-state index is 0.445. The molecule has 0 saturated heterocycles. The summed E-state index contributed by atoms with van der Waals surface area (Å²) in [4.78, 5) is 4.29. The first-order valence-corrected chi connectivity index (χ1v) is 5.84. The van der Waals surface area contributed by atoms with Crippen LogP contribution in [0.1, 0.15) is 31.4 Å². The zero-order chi connectivity index (χ0) is 12.3. The Labute approximate surface area is 102 Å². The summed E-state index contributed by atoms with van der Waals surface area (Å²) < 4.78 is 0. The van der Waals surface area contributed by atoms with Crippen molar-refractivity contribution < 1.29 is 5.11 Å². The molecule has 0 bridgehead atoms. The predicted octanol–water partition coefficient (Wildman–Crippen LogP) is 3.62. The number of hydrogen-bond acceptors (Lipinski definition) is 2. The summed E-state index contributed by atoms with van der Waals surface area (Å²) in [6, 6.07) is 9.79. The van der Waals surface area contributed by atoms with Crippen LogP contribution in [0.15, 0.2) is 48.7 Å². The van der Waals surface area contributed by atoms with Crippen molar-refractivity contribution in [1.29, 1.82) is 0 Å². The quantitative estimate of drug-likeness (QED) is 0.809. The molecule has 0 amide bonds. The Morgan fingerprint density at radius 3 is 2.88 bits per heavy atom. The topological polar surface area (TPSA) is 33.1 Å². The molecule has 0 saturated carbocycles. The average Bonchev–Trinajstić information content (AvgIpc) is 2.35. The molecule has 1 heterocycles. The Bertz CT molecular complexity index is 528. The van der Waals surface area contributed by atoms with Crippen LogP contribution in [0.3, 0.4) is 0 Å². The molecule has 17 heavy (non-hydrogen) atoms. The second-order valence-corrected chi connectivity index (χ2v) is 4.43. The van der Waals surface area contributed by atoms with Gasteiger partial charge in [-0.05, 0) is 37.5 Å². The number of aliphatic hydroxyl groups excluding tert-OH is 1. The SMILES string of the molecule is C=C(C)CCC(O)c1ccnc2ccccc12. The predicted molar refractivity (Wildman–Crippen MR) is 70.8 cm³/mol. The standard InChI is InChI=1S/C15H17NO/c1-11(2)7-8-15(17)13-9-10-16-14-6-4-3-5-12(13)14/h3-6,9-10,15,17H,1,7-8H2,2H3. The minimum Gasteiger partial charge on any atom is -0.388 e. The zero-order valence-electron chi connectivity index (χ0n) is 10.1. The van der Waals surface area contributed by atoms with Crippen molar-refractivity contribution in [3.63, 3.8) is 0 Å². The van der Waals surface area contributed by atoms with Crippen LogP contribution in [0.4, 0.5) is 0 Å². The Balaban J connectivity index is 2.31. The van der Waals surface area contributed by atoms with E-state index in [2.05, 4.69) is 11.6 Å². The Kier molecular flexibility index (Phi) is 3.55. The van der Waals surface area contributed by atoms with Crippen LogP contribution in [-0.2, 0) is 0 Å². The van der Waals surface area contributed by atoms with Crippen molar-refractivity contribution in [3.8, 4) is 0 Å². The molecule has 2 nitrogen and oxygen atoms in total. The van der Waals surface area contributed by atoms with E-state index in [1.165, 1.54) is 0 Å². The number of allylic oxidation sites excluding steroid dienone is 1. The van der Waals surface area contributed by atoms with Crippen LogP contribution in [-0.4, -0.2) is 10.1 Å². The zero-order valence-corrected chi connectivity index (χ0v) is 10.1. The van der Waals surface area contributed by atoms with Gasteiger partial charge >= 0.3 is 0 Å². The number of rotatable bonds is 4. The number of pyridine rings is 1. The van der Waals surface area contributed by atoms with Crippen LogP contribution in [0.5, 0.6) is 0 Å². The van der Waals surface area contributed by atoms with Gasteiger partial charge in [-0.2, -0.15) is 0 Å². The number of fused-ring (bicyclic) bond motifs is 1. The highest BCUT2D eigenvalue weighted by atomic mass is 16.3. The fraction of sp³-hybridized carbons (Fsp3) is 0.267. The van der Waals surface area contributed by atoms with E-state index in [-0.39, 0.29) is 0 Å². The van der Waals surface area contributed by atoms with Gasteiger partial charge in [-0.1, -0.05) is 23.8 Å². The van der Waals surface area contributed by atoms with Gasteiger partial charge in [0.1, 0.15) is 0 Å². The molecule has 0 aliphatic carbocycles. The van der Waals surface area contributed by atoms with Gasteiger partial charge in [-0.15, -0.1) is 6.58 Å². The van der Waals surface area contributed by atoms with Gasteiger partial charge in [-0.3, -0.25) is 4.98 Å². The summed E-state index contributed by atoms with van der Waals surface area (Å²) in [6.07, 6.45) is 2.86. The van der Waals surface area contributed by atoms with E-state index in [1.807, 2.05) is 37.3 Å². The third-order valence-electron chi connectivity index (χ3n) is 2.89. The molecule has 0 radical (unpaired) electrons. The summed E-state index contributed by atoms with van der Waals surface area (Å²) in [6.45, 7) is 5.84. The largest absolute Gasteiger partial charge is 0.388 e. The molecule has 1 unspecified atom stereocenters. The Morgan fingerprint density at radius 1 is 1.35 bits per heavy atom. The third-order valence-corrected chi connectivity index (χ3v) is 2.89. The average molecular weight is 227 g/mol. The molecule has 2 rings (SSSR count). The van der Waals surface area contributed by atoms with Crippen LogP contribution >= 0.6 is 0 Å². The van der Waals surface area contributed by atoms with E-state index in [0.29, 0.717) is 6.42 Å². The monoisotopic (exact) mass is 227 g/mol. The number of benzene rings is 1. The van der Waals surface area contributed by atoms with E-state index < -0.39 is 6.10 Å². The molecular weight excluding hydrogens is 210 g/mol. The molecule has 1 aromatic carbocycles. The third kappa shape index (κ3) is 2.71. The van der Waals surface area contributed by atoms with Crippen molar-refractivity contribution in [2.75, 3.05) is 0 Å². The van der Waals surface area contributed by atoms with Crippen molar-refractivity contribution in [1.82, 2.24) is 4.98 Å². The highest BCUT2D eigenvalue weighted by Gasteiger charge is 2.11. The van der Waals surface area contributed by atoms with Gasteiger partial charge in [0, 0.05) is 11.6 Å². The summed E-state index contributed by atoms with van der Waals surface area (Å²) in [5.41, 5.74) is 2.98. The van der Waals surface area contributed by atoms with Crippen molar-refractivity contribution >= 4 is 10.9 Å². The molecule has 88 valence electrons. The number of para-hydroxylation sites is 1. The van der Waals surface area contributed by atoms with Crippen molar-refractivity contribution in [2.24, 2.45) is 0 Å². The normalized spacial score (nSPS) is 12.6. The van der Waals surface area contributed by atoms with Gasteiger partial charge < -0.3 is 5.11 Å². The first-order chi connectivity index (χ1) is 8.18. The number of nitrogens with zero attached hydrogens (tertiary/aromatic N) is 1. The maximum Gasteiger partial charge on any atom is 0.0800 e. The fourth-order valence-corrected chi connectivity index (χ4v) is 1.95. The molecule has 0 spiro atoms. The molecule has 0 aliphatic heterocycles. The molecule has 2 heteroatoms. The van der Waals surface area contributed by atoms with Crippen LogP contribution in [0, 0.1) is 0 Å². The molecule has 1 aromatic heterocycles. The van der Waals surface area contributed by atoms with E-state index in [0.717, 1.165) is 28.5 Å².